The molecule has 0 aliphatic carbocycles. The molecule has 0 spiro atoms. The van der Waals surface area contributed by atoms with Crippen molar-refractivity contribution < 1.29 is 13.2 Å². The number of amides is 1. The van der Waals surface area contributed by atoms with Crippen molar-refractivity contribution in [3.05, 3.63) is 89.7 Å². The van der Waals surface area contributed by atoms with Crippen LogP contribution in [0.3, 0.4) is 0 Å². The zero-order valence-corrected chi connectivity index (χ0v) is 18.7. The first-order valence-corrected chi connectivity index (χ1v) is 11.7. The van der Waals surface area contributed by atoms with Gasteiger partial charge in [0, 0.05) is 19.2 Å². The summed E-state index contributed by atoms with van der Waals surface area (Å²) in [5.74, 6) is 0.413. The molecule has 32 heavy (non-hydrogen) atoms. The van der Waals surface area contributed by atoms with Crippen LogP contribution in [0.4, 0.5) is 5.69 Å². The van der Waals surface area contributed by atoms with Crippen LogP contribution in [0.1, 0.15) is 23.9 Å². The minimum absolute atomic E-state index is 0.0519. The number of aryl methyl sites for hydroxylation is 1. The second kappa shape index (κ2) is 8.94. The Balaban J connectivity index is 1.58. The zero-order chi connectivity index (χ0) is 22.7. The van der Waals surface area contributed by atoms with Crippen molar-refractivity contribution >= 4 is 32.7 Å². The summed E-state index contributed by atoms with van der Waals surface area (Å²) in [6.45, 7) is 4.08. The lowest BCUT2D eigenvalue weighted by atomic mass is 10.1. The van der Waals surface area contributed by atoms with Crippen molar-refractivity contribution in [1.82, 2.24) is 14.3 Å². The molecule has 0 unspecified atom stereocenters. The monoisotopic (exact) mass is 448 g/mol. The maximum Gasteiger partial charge on any atom is 0.240 e. The van der Waals surface area contributed by atoms with Gasteiger partial charge in [0.25, 0.3) is 0 Å². The Morgan fingerprint density at radius 1 is 0.969 bits per heavy atom. The summed E-state index contributed by atoms with van der Waals surface area (Å²) >= 11 is 0. The summed E-state index contributed by atoms with van der Waals surface area (Å²) in [5, 5.41) is 2.62. The zero-order valence-electron chi connectivity index (χ0n) is 17.9. The highest BCUT2D eigenvalue weighted by molar-refractivity contribution is 7.89. The number of nitrogens with zero attached hydrogens (tertiary/aromatic N) is 2. The van der Waals surface area contributed by atoms with E-state index < -0.39 is 10.0 Å². The Bertz CT molecular complexity index is 1360. The van der Waals surface area contributed by atoms with Gasteiger partial charge in [-0.2, -0.15) is 0 Å². The Morgan fingerprint density at radius 3 is 2.34 bits per heavy atom. The van der Waals surface area contributed by atoms with Crippen LogP contribution in [0.2, 0.25) is 0 Å². The molecule has 8 heteroatoms. The largest absolute Gasteiger partial charge is 0.326 e. The molecule has 1 heterocycles. The van der Waals surface area contributed by atoms with E-state index >= 15 is 0 Å². The lowest BCUT2D eigenvalue weighted by Gasteiger charge is -2.11. The molecule has 0 atom stereocenters. The second-order valence-corrected chi connectivity index (χ2v) is 9.39. The Hall–Kier alpha value is -3.49. The fourth-order valence-corrected chi connectivity index (χ4v) is 4.46. The van der Waals surface area contributed by atoms with E-state index in [9.17, 15) is 13.2 Å². The molecule has 0 radical (unpaired) electrons. The molecule has 1 aromatic heterocycles. The molecule has 3 aromatic carbocycles. The highest BCUT2D eigenvalue weighted by atomic mass is 32.2. The Morgan fingerprint density at radius 2 is 1.66 bits per heavy atom. The number of hydrogen-bond donors (Lipinski definition) is 2. The first-order chi connectivity index (χ1) is 15.3. The fraction of sp³-hybridized carbons (Fsp3) is 0.167. The van der Waals surface area contributed by atoms with Crippen molar-refractivity contribution in [2.75, 3.05) is 5.32 Å². The van der Waals surface area contributed by atoms with Crippen molar-refractivity contribution in [1.29, 1.82) is 0 Å². The van der Waals surface area contributed by atoms with Gasteiger partial charge in [-0.15, -0.1) is 0 Å². The smallest absolute Gasteiger partial charge is 0.240 e. The van der Waals surface area contributed by atoms with Gasteiger partial charge in [-0.05, 0) is 48.9 Å². The SMILES string of the molecule is CC(=O)Nc1ccc(S(=O)(=O)NCc2nc3ccccc3n2Cc2ccc(C)cc2)cc1. The molecule has 0 saturated heterocycles. The number of sulfonamides is 1. The van der Waals surface area contributed by atoms with Crippen LogP contribution in [0, 0.1) is 6.92 Å². The number of hydrogen-bond acceptors (Lipinski definition) is 4. The van der Waals surface area contributed by atoms with Gasteiger partial charge >= 0.3 is 0 Å². The fourth-order valence-electron chi connectivity index (χ4n) is 3.48. The standard InChI is InChI=1S/C24H24N4O3S/c1-17-7-9-19(10-8-17)16-28-23-6-4-3-5-22(23)27-24(28)15-25-32(30,31)21-13-11-20(12-14-21)26-18(2)29/h3-14,25H,15-16H2,1-2H3,(H,26,29). The van der Waals surface area contributed by atoms with Gasteiger partial charge in [-0.3, -0.25) is 4.79 Å². The van der Waals surface area contributed by atoms with Crippen LogP contribution in [0.15, 0.2) is 77.7 Å². The van der Waals surface area contributed by atoms with Crippen LogP contribution < -0.4 is 10.0 Å². The van der Waals surface area contributed by atoms with Crippen molar-refractivity contribution in [3.63, 3.8) is 0 Å². The highest BCUT2D eigenvalue weighted by Crippen LogP contribution is 2.20. The molecule has 0 aliphatic rings. The first kappa shape index (κ1) is 21.7. The highest BCUT2D eigenvalue weighted by Gasteiger charge is 2.17. The van der Waals surface area contributed by atoms with Crippen LogP contribution in [0.25, 0.3) is 11.0 Å². The van der Waals surface area contributed by atoms with E-state index in [2.05, 4.69) is 39.3 Å². The average Bonchev–Trinajstić information content (AvgIpc) is 3.11. The average molecular weight is 449 g/mol. The Kier molecular flexibility index (Phi) is 6.07. The number of fused-ring (bicyclic) bond motifs is 1. The lowest BCUT2D eigenvalue weighted by molar-refractivity contribution is -0.114. The van der Waals surface area contributed by atoms with E-state index in [1.807, 2.05) is 35.8 Å². The van der Waals surface area contributed by atoms with Crippen LogP contribution in [0.5, 0.6) is 0 Å². The summed E-state index contributed by atoms with van der Waals surface area (Å²) in [4.78, 5) is 15.9. The molecule has 2 N–H and O–H groups in total. The first-order valence-electron chi connectivity index (χ1n) is 10.2. The van der Waals surface area contributed by atoms with Gasteiger partial charge in [0.15, 0.2) is 0 Å². The number of rotatable bonds is 7. The number of para-hydroxylation sites is 2. The van der Waals surface area contributed by atoms with Crippen LogP contribution in [-0.4, -0.2) is 23.9 Å². The summed E-state index contributed by atoms with van der Waals surface area (Å²) < 4.78 is 30.3. The van der Waals surface area contributed by atoms with Gasteiger partial charge in [0.05, 0.1) is 22.5 Å². The molecule has 0 saturated carbocycles. The minimum atomic E-state index is -3.75. The normalized spacial score (nSPS) is 11.6. The third-order valence-electron chi connectivity index (χ3n) is 5.10. The van der Waals surface area contributed by atoms with Crippen LogP contribution >= 0.6 is 0 Å². The maximum atomic E-state index is 12.8. The summed E-state index contributed by atoms with van der Waals surface area (Å²) in [5.41, 5.74) is 4.59. The number of imidazole rings is 1. The molecule has 4 aromatic rings. The molecular weight excluding hydrogens is 424 g/mol. The number of nitrogens with one attached hydrogen (secondary N) is 2. The van der Waals surface area contributed by atoms with Crippen LogP contribution in [-0.2, 0) is 27.9 Å². The molecule has 1 amide bonds. The van der Waals surface area contributed by atoms with E-state index in [-0.39, 0.29) is 17.3 Å². The molecule has 0 fully saturated rings. The summed E-state index contributed by atoms with van der Waals surface area (Å²) in [7, 11) is -3.75. The topological polar surface area (TPSA) is 93.1 Å². The third kappa shape index (κ3) is 4.87. The summed E-state index contributed by atoms with van der Waals surface area (Å²) in [6, 6.07) is 22.0. The third-order valence-corrected chi connectivity index (χ3v) is 6.52. The van der Waals surface area contributed by atoms with Crippen molar-refractivity contribution in [2.45, 2.75) is 31.8 Å². The van der Waals surface area contributed by atoms with E-state index in [0.29, 0.717) is 18.1 Å². The van der Waals surface area contributed by atoms with E-state index in [0.717, 1.165) is 16.6 Å². The van der Waals surface area contributed by atoms with Gasteiger partial charge in [0.1, 0.15) is 5.82 Å². The molecule has 0 aliphatic heterocycles. The lowest BCUT2D eigenvalue weighted by Crippen LogP contribution is -2.25. The quantitative estimate of drug-likeness (QED) is 0.449. The van der Waals surface area contributed by atoms with Gasteiger partial charge in [0.2, 0.25) is 15.9 Å². The number of aromatic nitrogens is 2. The van der Waals surface area contributed by atoms with Crippen molar-refractivity contribution in [3.8, 4) is 0 Å². The predicted molar refractivity (Wildman–Crippen MR) is 125 cm³/mol. The second-order valence-electron chi connectivity index (χ2n) is 7.62. The predicted octanol–water partition coefficient (Wildman–Crippen LogP) is 3.83. The van der Waals surface area contributed by atoms with Gasteiger partial charge in [-0.1, -0.05) is 42.0 Å². The minimum Gasteiger partial charge on any atom is -0.326 e. The maximum absolute atomic E-state index is 12.8. The Labute approximate surface area is 187 Å². The molecule has 7 nitrogen and oxygen atoms in total. The van der Waals surface area contributed by atoms with E-state index in [1.165, 1.54) is 24.6 Å². The summed E-state index contributed by atoms with van der Waals surface area (Å²) in [6.07, 6.45) is 0. The van der Waals surface area contributed by atoms with Gasteiger partial charge in [-0.25, -0.2) is 18.1 Å². The molecular formula is C24H24N4O3S. The molecule has 164 valence electrons. The van der Waals surface area contributed by atoms with E-state index in [1.54, 1.807) is 12.1 Å². The molecule has 4 rings (SSSR count). The number of anilines is 1. The number of benzene rings is 3. The number of carbonyl (C=O) groups is 1. The number of carbonyl (C=O) groups excluding carboxylic acids is 1. The molecule has 0 bridgehead atoms. The van der Waals surface area contributed by atoms with Crippen molar-refractivity contribution in [2.24, 2.45) is 0 Å². The van der Waals surface area contributed by atoms with Gasteiger partial charge < -0.3 is 9.88 Å². The van der Waals surface area contributed by atoms with E-state index in [4.69, 9.17) is 0 Å².